The fourth-order valence-corrected chi connectivity index (χ4v) is 1.09. The van der Waals surface area contributed by atoms with Gasteiger partial charge in [-0.2, -0.15) is 0 Å². The second-order valence-electron chi connectivity index (χ2n) is 2.79. The molecule has 7 nitrogen and oxygen atoms in total. The standard InChI is InChI=1S/C8H14N6O/c1-15-4-5-2-3-6(7(9)12-5)8(10)13-14-11/h2-3,14H,4,11H2,1H3,(H2,9,12)(H2,10,13). The number of nitrogens with two attached hydrogens (primary N) is 3. The number of hydrogen-bond acceptors (Lipinski definition) is 6. The van der Waals surface area contributed by atoms with Crippen LogP contribution in [0.1, 0.15) is 11.3 Å². The first-order valence-corrected chi connectivity index (χ1v) is 4.22. The zero-order valence-corrected chi connectivity index (χ0v) is 8.40. The summed E-state index contributed by atoms with van der Waals surface area (Å²) in [4.78, 5) is 4.09. The third-order valence-electron chi connectivity index (χ3n) is 1.74. The van der Waals surface area contributed by atoms with Crippen LogP contribution in [0.25, 0.3) is 0 Å². The summed E-state index contributed by atoms with van der Waals surface area (Å²) in [6, 6.07) is 3.47. The van der Waals surface area contributed by atoms with Crippen molar-refractivity contribution in [3.8, 4) is 0 Å². The minimum absolute atomic E-state index is 0.187. The molecule has 7 heteroatoms. The Morgan fingerprint density at radius 1 is 1.60 bits per heavy atom. The number of pyridine rings is 1. The van der Waals surface area contributed by atoms with Crippen molar-refractivity contribution in [3.05, 3.63) is 23.4 Å². The number of methoxy groups -OCH3 is 1. The van der Waals surface area contributed by atoms with E-state index in [1.165, 1.54) is 0 Å². The van der Waals surface area contributed by atoms with Crippen molar-refractivity contribution in [3.63, 3.8) is 0 Å². The predicted octanol–water partition coefficient (Wildman–Crippen LogP) is -1.11. The fraction of sp³-hybridized carbons (Fsp3) is 0.250. The average Bonchev–Trinajstić information content (AvgIpc) is 2.18. The van der Waals surface area contributed by atoms with E-state index in [0.717, 1.165) is 5.69 Å². The topological polar surface area (TPSA) is 125 Å². The number of ether oxygens (including phenoxy) is 1. The van der Waals surface area contributed by atoms with E-state index in [-0.39, 0.29) is 5.84 Å². The maximum atomic E-state index is 5.69. The van der Waals surface area contributed by atoms with Crippen molar-refractivity contribution < 1.29 is 4.74 Å². The number of hydrazine groups is 1. The van der Waals surface area contributed by atoms with Gasteiger partial charge in [0.25, 0.3) is 0 Å². The summed E-state index contributed by atoms with van der Waals surface area (Å²) in [6.07, 6.45) is 0. The Kier molecular flexibility index (Phi) is 3.83. The van der Waals surface area contributed by atoms with Crippen molar-refractivity contribution in [2.75, 3.05) is 12.8 Å². The van der Waals surface area contributed by atoms with Crippen molar-refractivity contribution >= 4 is 11.7 Å². The van der Waals surface area contributed by atoms with E-state index in [9.17, 15) is 0 Å². The lowest BCUT2D eigenvalue weighted by Crippen LogP contribution is -2.24. The Bertz CT molecular complexity index is 364. The number of rotatable bonds is 4. The van der Waals surface area contributed by atoms with Crippen LogP contribution in [0.5, 0.6) is 0 Å². The molecule has 15 heavy (non-hydrogen) atoms. The van der Waals surface area contributed by atoms with Gasteiger partial charge in [-0.15, -0.1) is 5.10 Å². The van der Waals surface area contributed by atoms with Crippen LogP contribution >= 0.6 is 0 Å². The zero-order chi connectivity index (χ0) is 11.3. The number of aromatic nitrogens is 1. The van der Waals surface area contributed by atoms with Gasteiger partial charge in [0, 0.05) is 7.11 Å². The third-order valence-corrected chi connectivity index (χ3v) is 1.74. The second-order valence-corrected chi connectivity index (χ2v) is 2.79. The Labute approximate surface area is 87.3 Å². The van der Waals surface area contributed by atoms with E-state index in [4.69, 9.17) is 22.0 Å². The van der Waals surface area contributed by atoms with Gasteiger partial charge in [0.05, 0.1) is 17.9 Å². The maximum Gasteiger partial charge on any atom is 0.155 e. The molecule has 0 aliphatic heterocycles. The molecule has 0 amide bonds. The summed E-state index contributed by atoms with van der Waals surface area (Å²) >= 11 is 0. The van der Waals surface area contributed by atoms with E-state index in [2.05, 4.69) is 15.6 Å². The SMILES string of the molecule is COCc1ccc(/C(N)=N/NN)c(N)n1. The van der Waals surface area contributed by atoms with Crippen LogP contribution in [-0.2, 0) is 11.3 Å². The molecular formula is C8H14N6O. The van der Waals surface area contributed by atoms with Crippen LogP contribution in [0.3, 0.4) is 0 Å². The molecule has 82 valence electrons. The van der Waals surface area contributed by atoms with E-state index < -0.39 is 0 Å². The average molecular weight is 210 g/mol. The molecule has 0 saturated heterocycles. The lowest BCUT2D eigenvalue weighted by Gasteiger charge is -2.06. The van der Waals surface area contributed by atoms with Crippen molar-refractivity contribution in [2.24, 2.45) is 16.7 Å². The molecule has 1 heterocycles. The monoisotopic (exact) mass is 210 g/mol. The van der Waals surface area contributed by atoms with E-state index in [1.807, 2.05) is 0 Å². The first-order chi connectivity index (χ1) is 7.19. The summed E-state index contributed by atoms with van der Waals surface area (Å²) < 4.78 is 4.92. The molecule has 0 saturated carbocycles. The zero-order valence-electron chi connectivity index (χ0n) is 8.40. The molecule has 0 bridgehead atoms. The summed E-state index contributed by atoms with van der Waals surface area (Å²) in [5.74, 6) is 5.47. The highest BCUT2D eigenvalue weighted by Crippen LogP contribution is 2.09. The molecule has 0 atom stereocenters. The smallest absolute Gasteiger partial charge is 0.155 e. The molecule has 0 aliphatic rings. The highest BCUT2D eigenvalue weighted by Gasteiger charge is 2.06. The highest BCUT2D eigenvalue weighted by atomic mass is 16.5. The van der Waals surface area contributed by atoms with Gasteiger partial charge in [-0.1, -0.05) is 0 Å². The van der Waals surface area contributed by atoms with Crippen molar-refractivity contribution in [1.29, 1.82) is 0 Å². The van der Waals surface area contributed by atoms with Crippen LogP contribution in [0, 0.1) is 0 Å². The molecular weight excluding hydrogens is 196 g/mol. The molecule has 0 fully saturated rings. The van der Waals surface area contributed by atoms with E-state index >= 15 is 0 Å². The van der Waals surface area contributed by atoms with Gasteiger partial charge < -0.3 is 16.2 Å². The van der Waals surface area contributed by atoms with Gasteiger partial charge in [0.15, 0.2) is 5.84 Å². The molecule has 0 unspecified atom stereocenters. The Balaban J connectivity index is 2.97. The van der Waals surface area contributed by atoms with Crippen molar-refractivity contribution in [2.45, 2.75) is 6.61 Å². The second kappa shape index (κ2) is 5.13. The molecule has 1 aromatic heterocycles. The van der Waals surface area contributed by atoms with Gasteiger partial charge in [-0.3, -0.25) is 0 Å². The summed E-state index contributed by atoms with van der Waals surface area (Å²) in [5.41, 5.74) is 14.6. The quantitative estimate of drug-likeness (QED) is 0.216. The molecule has 0 aromatic carbocycles. The fourth-order valence-electron chi connectivity index (χ4n) is 1.09. The minimum Gasteiger partial charge on any atom is -0.383 e. The lowest BCUT2D eigenvalue weighted by atomic mass is 10.2. The van der Waals surface area contributed by atoms with Crippen LogP contribution in [0.15, 0.2) is 17.2 Å². The normalized spacial score (nSPS) is 11.5. The van der Waals surface area contributed by atoms with Crippen LogP contribution < -0.4 is 22.8 Å². The lowest BCUT2D eigenvalue weighted by molar-refractivity contribution is 0.181. The Hall–Kier alpha value is -1.86. The third kappa shape index (κ3) is 2.79. The maximum absolute atomic E-state index is 5.69. The number of anilines is 1. The Morgan fingerprint density at radius 2 is 2.33 bits per heavy atom. The first kappa shape index (κ1) is 11.2. The number of nitrogens with one attached hydrogen (secondary N) is 1. The largest absolute Gasteiger partial charge is 0.383 e. The number of amidine groups is 1. The Morgan fingerprint density at radius 3 is 2.87 bits per heavy atom. The van der Waals surface area contributed by atoms with Crippen molar-refractivity contribution in [1.82, 2.24) is 10.5 Å². The molecule has 1 aromatic rings. The number of nitrogen functional groups attached to an aromatic ring is 1. The van der Waals surface area contributed by atoms with Gasteiger partial charge in [0.1, 0.15) is 5.82 Å². The molecule has 0 spiro atoms. The van der Waals surface area contributed by atoms with Gasteiger partial charge in [-0.25, -0.2) is 16.4 Å². The van der Waals surface area contributed by atoms with Crippen LogP contribution in [0.4, 0.5) is 5.82 Å². The molecule has 7 N–H and O–H groups in total. The summed E-state index contributed by atoms with van der Waals surface area (Å²) in [7, 11) is 1.58. The first-order valence-electron chi connectivity index (χ1n) is 4.22. The molecule has 0 radical (unpaired) electrons. The van der Waals surface area contributed by atoms with Crippen LogP contribution in [-0.4, -0.2) is 17.9 Å². The number of hydrazone groups is 1. The summed E-state index contributed by atoms with van der Waals surface area (Å²) in [5, 5.41) is 3.60. The van der Waals surface area contributed by atoms with Gasteiger partial charge in [0.2, 0.25) is 0 Å². The van der Waals surface area contributed by atoms with Crippen LogP contribution in [0.2, 0.25) is 0 Å². The minimum atomic E-state index is 0.187. The summed E-state index contributed by atoms with van der Waals surface area (Å²) in [6.45, 7) is 0.399. The number of nitrogens with zero attached hydrogens (tertiary/aromatic N) is 2. The molecule has 1 rings (SSSR count). The predicted molar refractivity (Wildman–Crippen MR) is 57.4 cm³/mol. The van der Waals surface area contributed by atoms with E-state index in [1.54, 1.807) is 19.2 Å². The molecule has 0 aliphatic carbocycles. The number of hydrogen-bond donors (Lipinski definition) is 4. The van der Waals surface area contributed by atoms with E-state index in [0.29, 0.717) is 18.0 Å². The van der Waals surface area contributed by atoms with Gasteiger partial charge in [-0.05, 0) is 12.1 Å². The van der Waals surface area contributed by atoms with Gasteiger partial charge >= 0.3 is 0 Å². The highest BCUT2D eigenvalue weighted by molar-refractivity contribution is 6.01.